The SMILES string of the molecule is CN(C)C[C](C)([Hf+3][CH]1C=Cc2ccccc21)c1ccccc1.[Cl-].[Cl-].[Cl-]. The van der Waals surface area contributed by atoms with Gasteiger partial charge >= 0.3 is 146 Å². The third-order valence-corrected chi connectivity index (χ3v) is 11.1. The summed E-state index contributed by atoms with van der Waals surface area (Å²) < 4.78 is 1.05. The van der Waals surface area contributed by atoms with Crippen molar-refractivity contribution in [1.29, 1.82) is 0 Å². The second-order valence-electron chi connectivity index (χ2n) is 6.55. The maximum Gasteiger partial charge on any atom is -1.00 e. The predicted octanol–water partition coefficient (Wildman–Crippen LogP) is -4.67. The summed E-state index contributed by atoms with van der Waals surface area (Å²) >= 11 is -0.979. The van der Waals surface area contributed by atoms with Crippen LogP contribution in [0.25, 0.3) is 6.08 Å². The summed E-state index contributed by atoms with van der Waals surface area (Å²) in [7, 11) is 4.39. The van der Waals surface area contributed by atoms with Crippen molar-refractivity contribution in [2.75, 3.05) is 20.6 Å². The van der Waals surface area contributed by atoms with Crippen LogP contribution in [0.3, 0.4) is 0 Å². The molecule has 0 amide bonds. The summed E-state index contributed by atoms with van der Waals surface area (Å²) in [5, 5.41) is 0. The largest absolute Gasteiger partial charge is 1.00 e. The van der Waals surface area contributed by atoms with Crippen molar-refractivity contribution in [2.24, 2.45) is 0 Å². The van der Waals surface area contributed by atoms with Crippen LogP contribution in [0.4, 0.5) is 0 Å². The summed E-state index contributed by atoms with van der Waals surface area (Å²) in [5.74, 6) is 0. The quantitative estimate of drug-likeness (QED) is 0.332. The van der Waals surface area contributed by atoms with Gasteiger partial charge in [-0.05, 0) is 0 Å². The predicted molar refractivity (Wildman–Crippen MR) is 90.6 cm³/mol. The van der Waals surface area contributed by atoms with Gasteiger partial charge in [0.2, 0.25) is 0 Å². The Morgan fingerprint density at radius 3 is 2.16 bits per heavy atom. The van der Waals surface area contributed by atoms with E-state index in [0.717, 1.165) is 6.54 Å². The molecule has 2 aromatic carbocycles. The summed E-state index contributed by atoms with van der Waals surface area (Å²) in [4.78, 5) is 2.35. The maximum atomic E-state index is 2.49. The number of benzene rings is 2. The molecule has 1 nitrogen and oxygen atoms in total. The minimum Gasteiger partial charge on any atom is -1.00 e. The molecule has 2 aromatic rings. The molecule has 0 radical (unpaired) electrons. The van der Waals surface area contributed by atoms with Gasteiger partial charge in [0, 0.05) is 0 Å². The summed E-state index contributed by atoms with van der Waals surface area (Å²) in [6, 6.07) is 20.1. The fourth-order valence-corrected chi connectivity index (χ4v) is 10.7. The first-order chi connectivity index (χ1) is 10.6. The van der Waals surface area contributed by atoms with Crippen molar-refractivity contribution >= 4 is 6.08 Å². The number of rotatable bonds is 5. The van der Waals surface area contributed by atoms with Gasteiger partial charge in [0.15, 0.2) is 0 Å². The van der Waals surface area contributed by atoms with Crippen LogP contribution in [0.1, 0.15) is 27.3 Å². The molecule has 133 valence electrons. The first kappa shape index (κ1) is 24.9. The van der Waals surface area contributed by atoms with Crippen LogP contribution in [0, 0.1) is 0 Å². The molecule has 0 saturated heterocycles. The summed E-state index contributed by atoms with van der Waals surface area (Å²) in [6.45, 7) is 3.63. The number of hydrogen-bond donors (Lipinski definition) is 0. The molecule has 3 rings (SSSR count). The Hall–Kier alpha value is -0.120. The molecule has 2 unspecified atom stereocenters. The number of hydrogen-bond acceptors (Lipinski definition) is 1. The van der Waals surface area contributed by atoms with Crippen molar-refractivity contribution in [1.82, 2.24) is 4.90 Å². The van der Waals surface area contributed by atoms with Crippen LogP contribution in [0.2, 0.25) is 0 Å². The first-order valence-corrected chi connectivity index (χ1v) is 11.7. The zero-order valence-electron chi connectivity index (χ0n) is 14.7. The molecule has 5 heteroatoms. The van der Waals surface area contributed by atoms with Crippen molar-refractivity contribution in [3.8, 4) is 0 Å². The molecule has 1 aliphatic rings. The monoisotopic (exact) mass is 562 g/mol. The molecule has 0 bridgehead atoms. The van der Waals surface area contributed by atoms with Crippen molar-refractivity contribution in [2.45, 2.75) is 13.8 Å². The number of allylic oxidation sites excluding steroid dienone is 1. The smallest absolute Gasteiger partial charge is 1.00 e. The molecule has 0 aliphatic heterocycles. The third-order valence-electron chi connectivity index (χ3n) is 4.32. The van der Waals surface area contributed by atoms with Gasteiger partial charge in [-0.3, -0.25) is 0 Å². The van der Waals surface area contributed by atoms with E-state index < -0.39 is 22.9 Å². The van der Waals surface area contributed by atoms with Gasteiger partial charge in [-0.15, -0.1) is 0 Å². The van der Waals surface area contributed by atoms with Crippen LogP contribution >= 0.6 is 0 Å². The van der Waals surface area contributed by atoms with Crippen molar-refractivity contribution in [3.05, 3.63) is 77.4 Å². The van der Waals surface area contributed by atoms with E-state index in [1.807, 2.05) is 0 Å². The van der Waals surface area contributed by atoms with Crippen LogP contribution < -0.4 is 37.2 Å². The molecule has 0 saturated carbocycles. The van der Waals surface area contributed by atoms with Gasteiger partial charge in [0.25, 0.3) is 0 Å². The average molecular weight is 562 g/mol. The normalized spacial score (nSPS) is 16.6. The average Bonchev–Trinajstić information content (AvgIpc) is 2.90. The second kappa shape index (κ2) is 10.9. The fourth-order valence-electron chi connectivity index (χ4n) is 3.38. The Bertz CT molecular complexity index is 676. The summed E-state index contributed by atoms with van der Waals surface area (Å²) in [5.41, 5.74) is 4.51. The Morgan fingerprint density at radius 2 is 1.52 bits per heavy atom. The Kier molecular flexibility index (Phi) is 10.8. The fraction of sp³-hybridized carbons (Fsp3) is 0.300. The van der Waals surface area contributed by atoms with Crippen LogP contribution in [0.5, 0.6) is 0 Å². The standard InChI is InChI=1S/C11H16N.C9H7.3ClH.Hf/c1-10(9-12(2)3)11-7-5-4-6-8-11;1-2-5-9-7-3-6-8(9)4-1;;;;/h4-8H,9H2,1-3H3;1-7H;3*1H;/q;;;;;+3/p-3. The number of likely N-dealkylation sites (N-methyl/N-ethyl adjacent to an activating group) is 1. The molecular weight excluding hydrogens is 539 g/mol. The van der Waals surface area contributed by atoms with Gasteiger partial charge < -0.3 is 37.2 Å². The number of halogens is 3. The second-order valence-corrected chi connectivity index (χ2v) is 13.8. The first-order valence-electron chi connectivity index (χ1n) is 7.83. The molecule has 2 atom stereocenters. The molecule has 0 spiro atoms. The molecule has 0 aromatic heterocycles. The van der Waals surface area contributed by atoms with E-state index in [2.05, 4.69) is 92.7 Å². The van der Waals surface area contributed by atoms with Crippen molar-refractivity contribution < 1.29 is 60.1 Å². The Morgan fingerprint density at radius 1 is 0.920 bits per heavy atom. The van der Waals surface area contributed by atoms with Crippen molar-refractivity contribution in [3.63, 3.8) is 0 Å². The van der Waals surface area contributed by atoms with Gasteiger partial charge in [-0.2, -0.15) is 0 Å². The van der Waals surface area contributed by atoms with E-state index in [1.54, 1.807) is 5.56 Å². The topological polar surface area (TPSA) is 3.24 Å². The number of nitrogens with zero attached hydrogens (tertiary/aromatic N) is 1. The molecule has 25 heavy (non-hydrogen) atoms. The summed E-state index contributed by atoms with van der Waals surface area (Å²) in [6.07, 6.45) is 4.79. The van der Waals surface area contributed by atoms with Crippen LogP contribution in [-0.4, -0.2) is 25.5 Å². The molecule has 0 heterocycles. The van der Waals surface area contributed by atoms with E-state index in [1.165, 1.54) is 11.1 Å². The molecule has 0 fully saturated rings. The molecular formula is C20H23Cl3HfN. The zero-order valence-corrected chi connectivity index (χ0v) is 20.6. The van der Waals surface area contributed by atoms with Crippen LogP contribution in [0.15, 0.2) is 60.7 Å². The van der Waals surface area contributed by atoms with E-state index in [4.69, 9.17) is 0 Å². The third kappa shape index (κ3) is 5.94. The van der Waals surface area contributed by atoms with E-state index in [9.17, 15) is 0 Å². The minimum atomic E-state index is -0.979. The van der Waals surface area contributed by atoms with Gasteiger partial charge in [0.05, 0.1) is 0 Å². The van der Waals surface area contributed by atoms with E-state index in [0.29, 0.717) is 6.85 Å². The Labute approximate surface area is 181 Å². The van der Waals surface area contributed by atoms with Crippen LogP contribution in [-0.2, 0) is 26.1 Å². The van der Waals surface area contributed by atoms with E-state index >= 15 is 0 Å². The van der Waals surface area contributed by atoms with Gasteiger partial charge in [0.1, 0.15) is 0 Å². The Balaban J connectivity index is 0.00000192. The number of fused-ring (bicyclic) bond motifs is 1. The zero-order chi connectivity index (χ0) is 15.6. The van der Waals surface area contributed by atoms with Gasteiger partial charge in [-0.1, -0.05) is 0 Å². The van der Waals surface area contributed by atoms with Gasteiger partial charge in [-0.25, -0.2) is 0 Å². The molecule has 1 aliphatic carbocycles. The van der Waals surface area contributed by atoms with E-state index in [-0.39, 0.29) is 37.2 Å². The molecule has 0 N–H and O–H groups in total. The maximum absolute atomic E-state index is 2.49. The minimum absolute atomic E-state index is 0.